The second-order valence-electron chi connectivity index (χ2n) is 1.81. The standard InChI is InChI=1S/C8H8N2/c9-5-1-3-8-4-2-6-10-7-8/h1-7,9H/b3-1-,9-5?. The van der Waals surface area contributed by atoms with Gasteiger partial charge in [-0.1, -0.05) is 12.1 Å². The molecule has 0 amide bonds. The van der Waals surface area contributed by atoms with Crippen molar-refractivity contribution in [3.63, 3.8) is 0 Å². The van der Waals surface area contributed by atoms with E-state index in [0.717, 1.165) is 5.56 Å². The van der Waals surface area contributed by atoms with E-state index in [2.05, 4.69) is 4.98 Å². The van der Waals surface area contributed by atoms with Gasteiger partial charge in [0.05, 0.1) is 0 Å². The third-order valence-corrected chi connectivity index (χ3v) is 1.07. The van der Waals surface area contributed by atoms with Crippen LogP contribution >= 0.6 is 0 Å². The Morgan fingerprint density at radius 3 is 3.00 bits per heavy atom. The maximum Gasteiger partial charge on any atom is 0.0340 e. The first-order chi connectivity index (χ1) is 4.93. The van der Waals surface area contributed by atoms with E-state index in [1.165, 1.54) is 6.21 Å². The predicted molar refractivity (Wildman–Crippen MR) is 42.1 cm³/mol. The lowest BCUT2D eigenvalue weighted by Gasteiger charge is -1.86. The van der Waals surface area contributed by atoms with E-state index in [0.29, 0.717) is 0 Å². The van der Waals surface area contributed by atoms with Crippen molar-refractivity contribution < 1.29 is 0 Å². The Hall–Kier alpha value is -1.44. The molecule has 2 heteroatoms. The summed E-state index contributed by atoms with van der Waals surface area (Å²) in [4.78, 5) is 3.91. The van der Waals surface area contributed by atoms with Gasteiger partial charge in [0.25, 0.3) is 0 Å². The molecule has 1 N–H and O–H groups in total. The van der Waals surface area contributed by atoms with Crippen LogP contribution in [0.4, 0.5) is 0 Å². The van der Waals surface area contributed by atoms with E-state index in [-0.39, 0.29) is 0 Å². The minimum Gasteiger partial charge on any atom is -0.309 e. The number of nitrogens with one attached hydrogen (secondary N) is 1. The van der Waals surface area contributed by atoms with Crippen molar-refractivity contribution in [2.75, 3.05) is 0 Å². The van der Waals surface area contributed by atoms with Crippen LogP contribution in [0.15, 0.2) is 30.6 Å². The van der Waals surface area contributed by atoms with Crippen LogP contribution in [0.2, 0.25) is 0 Å². The number of rotatable bonds is 2. The summed E-state index contributed by atoms with van der Waals surface area (Å²) in [5.74, 6) is 0. The Bertz CT molecular complexity index is 226. The first kappa shape index (κ1) is 6.68. The molecule has 10 heavy (non-hydrogen) atoms. The normalized spacial score (nSPS) is 10.0. The number of nitrogens with zero attached hydrogens (tertiary/aromatic N) is 1. The predicted octanol–water partition coefficient (Wildman–Crippen LogP) is 1.74. The summed E-state index contributed by atoms with van der Waals surface area (Å²) in [7, 11) is 0. The van der Waals surface area contributed by atoms with Gasteiger partial charge < -0.3 is 5.41 Å². The Kier molecular flexibility index (Phi) is 2.38. The van der Waals surface area contributed by atoms with Gasteiger partial charge in [-0.2, -0.15) is 0 Å². The first-order valence-electron chi connectivity index (χ1n) is 3.00. The lowest BCUT2D eigenvalue weighted by molar-refractivity contribution is 1.32. The molecule has 0 radical (unpaired) electrons. The van der Waals surface area contributed by atoms with Crippen LogP contribution in [0.5, 0.6) is 0 Å². The number of hydrogen-bond acceptors (Lipinski definition) is 2. The van der Waals surface area contributed by atoms with Crippen molar-refractivity contribution in [1.29, 1.82) is 5.41 Å². The Morgan fingerprint density at radius 1 is 1.50 bits per heavy atom. The van der Waals surface area contributed by atoms with Crippen molar-refractivity contribution in [2.45, 2.75) is 0 Å². The molecule has 50 valence electrons. The molecule has 1 heterocycles. The molecule has 1 rings (SSSR count). The Labute approximate surface area is 59.7 Å². The van der Waals surface area contributed by atoms with E-state index in [1.54, 1.807) is 18.5 Å². The van der Waals surface area contributed by atoms with Crippen LogP contribution in [0.25, 0.3) is 6.08 Å². The number of allylic oxidation sites excluding steroid dienone is 1. The molecule has 0 bridgehead atoms. The second-order valence-corrected chi connectivity index (χ2v) is 1.81. The van der Waals surface area contributed by atoms with Crippen LogP contribution in [0.3, 0.4) is 0 Å². The molecule has 0 aliphatic heterocycles. The quantitative estimate of drug-likeness (QED) is 0.611. The molecule has 0 spiro atoms. The van der Waals surface area contributed by atoms with Gasteiger partial charge in [-0.3, -0.25) is 4.98 Å². The van der Waals surface area contributed by atoms with E-state index in [9.17, 15) is 0 Å². The third kappa shape index (κ3) is 1.82. The fraction of sp³-hybridized carbons (Fsp3) is 0. The van der Waals surface area contributed by atoms with Gasteiger partial charge in [0.1, 0.15) is 0 Å². The minimum absolute atomic E-state index is 1.02. The minimum atomic E-state index is 1.02. The van der Waals surface area contributed by atoms with E-state index in [4.69, 9.17) is 5.41 Å². The molecule has 0 aliphatic rings. The summed E-state index contributed by atoms with van der Waals surface area (Å²) in [6.45, 7) is 0. The molecule has 0 unspecified atom stereocenters. The maximum absolute atomic E-state index is 6.72. The number of hydrogen-bond donors (Lipinski definition) is 1. The Balaban J connectivity index is 2.76. The molecule has 0 saturated heterocycles. The monoisotopic (exact) mass is 132 g/mol. The summed E-state index contributed by atoms with van der Waals surface area (Å²) in [5.41, 5.74) is 1.02. The number of pyridine rings is 1. The van der Waals surface area contributed by atoms with E-state index >= 15 is 0 Å². The van der Waals surface area contributed by atoms with E-state index in [1.807, 2.05) is 18.2 Å². The summed E-state index contributed by atoms with van der Waals surface area (Å²) in [5, 5.41) is 6.72. The third-order valence-electron chi connectivity index (χ3n) is 1.07. The fourth-order valence-electron chi connectivity index (χ4n) is 0.634. The van der Waals surface area contributed by atoms with Gasteiger partial charge in [-0.05, 0) is 17.7 Å². The zero-order valence-corrected chi connectivity index (χ0v) is 5.49. The lowest BCUT2D eigenvalue weighted by Crippen LogP contribution is -1.72. The molecule has 1 aromatic heterocycles. The van der Waals surface area contributed by atoms with Crippen LogP contribution < -0.4 is 0 Å². The first-order valence-corrected chi connectivity index (χ1v) is 3.00. The Morgan fingerprint density at radius 2 is 2.40 bits per heavy atom. The second kappa shape index (κ2) is 3.56. The van der Waals surface area contributed by atoms with Gasteiger partial charge in [0, 0.05) is 18.6 Å². The van der Waals surface area contributed by atoms with Crippen molar-refractivity contribution >= 4 is 12.3 Å². The molecule has 0 fully saturated rings. The summed E-state index contributed by atoms with van der Waals surface area (Å²) < 4.78 is 0. The van der Waals surface area contributed by atoms with Gasteiger partial charge in [0.15, 0.2) is 0 Å². The highest BCUT2D eigenvalue weighted by molar-refractivity contribution is 5.75. The molecule has 0 saturated carbocycles. The molecular formula is C8H8N2. The zero-order valence-electron chi connectivity index (χ0n) is 5.49. The zero-order chi connectivity index (χ0) is 7.23. The lowest BCUT2D eigenvalue weighted by atomic mass is 10.3. The van der Waals surface area contributed by atoms with Crippen LogP contribution in [0.1, 0.15) is 5.56 Å². The molecule has 0 aliphatic carbocycles. The van der Waals surface area contributed by atoms with Gasteiger partial charge >= 0.3 is 0 Å². The highest BCUT2D eigenvalue weighted by Crippen LogP contribution is 1.96. The topological polar surface area (TPSA) is 36.7 Å². The molecular weight excluding hydrogens is 124 g/mol. The maximum atomic E-state index is 6.72. The molecule has 0 atom stereocenters. The summed E-state index contributed by atoms with van der Waals surface area (Å²) in [6.07, 6.45) is 8.21. The highest BCUT2D eigenvalue weighted by Gasteiger charge is 1.79. The summed E-state index contributed by atoms with van der Waals surface area (Å²) >= 11 is 0. The number of aromatic nitrogens is 1. The SMILES string of the molecule is N=C/C=C\c1cccnc1. The average molecular weight is 132 g/mol. The van der Waals surface area contributed by atoms with Crippen molar-refractivity contribution in [3.8, 4) is 0 Å². The highest BCUT2D eigenvalue weighted by atomic mass is 14.6. The van der Waals surface area contributed by atoms with E-state index < -0.39 is 0 Å². The fourth-order valence-corrected chi connectivity index (χ4v) is 0.634. The molecule has 0 aromatic carbocycles. The van der Waals surface area contributed by atoms with Gasteiger partial charge in [-0.15, -0.1) is 0 Å². The van der Waals surface area contributed by atoms with Crippen molar-refractivity contribution in [1.82, 2.24) is 4.98 Å². The van der Waals surface area contributed by atoms with Crippen LogP contribution in [-0.4, -0.2) is 11.2 Å². The molecule has 2 nitrogen and oxygen atoms in total. The van der Waals surface area contributed by atoms with Crippen molar-refractivity contribution in [2.24, 2.45) is 0 Å². The van der Waals surface area contributed by atoms with Crippen molar-refractivity contribution in [3.05, 3.63) is 36.2 Å². The van der Waals surface area contributed by atoms with Crippen LogP contribution in [-0.2, 0) is 0 Å². The van der Waals surface area contributed by atoms with Gasteiger partial charge in [0.2, 0.25) is 0 Å². The summed E-state index contributed by atoms with van der Waals surface area (Å²) in [6, 6.07) is 3.80. The van der Waals surface area contributed by atoms with Gasteiger partial charge in [-0.25, -0.2) is 0 Å². The molecule has 1 aromatic rings. The smallest absolute Gasteiger partial charge is 0.0340 e. The largest absolute Gasteiger partial charge is 0.309 e. The van der Waals surface area contributed by atoms with Crippen LogP contribution in [0, 0.1) is 5.41 Å². The average Bonchev–Trinajstić information content (AvgIpc) is 2.03.